The van der Waals surface area contributed by atoms with Crippen molar-refractivity contribution in [1.82, 2.24) is 10.2 Å². The van der Waals surface area contributed by atoms with E-state index >= 15 is 0 Å². The summed E-state index contributed by atoms with van der Waals surface area (Å²) in [5.41, 5.74) is 0.629. The normalized spacial score (nSPS) is 27.2. The molecule has 0 aromatic heterocycles. The monoisotopic (exact) mass is 238 g/mol. The molecule has 0 unspecified atom stereocenters. The molecular formula is C15H30N2. The van der Waals surface area contributed by atoms with Crippen LogP contribution in [0.4, 0.5) is 0 Å². The van der Waals surface area contributed by atoms with Gasteiger partial charge in [0.05, 0.1) is 0 Å². The predicted molar refractivity (Wildman–Crippen MR) is 74.3 cm³/mol. The molecule has 2 heteroatoms. The third kappa shape index (κ3) is 3.45. The molecule has 0 radical (unpaired) electrons. The Bertz CT molecular complexity index is 213. The second-order valence-electron chi connectivity index (χ2n) is 6.23. The van der Waals surface area contributed by atoms with Gasteiger partial charge in [0.15, 0.2) is 0 Å². The number of likely N-dealkylation sites (tertiary alicyclic amines) is 1. The van der Waals surface area contributed by atoms with E-state index in [-0.39, 0.29) is 0 Å². The Labute approximate surface area is 107 Å². The van der Waals surface area contributed by atoms with Gasteiger partial charge in [-0.15, -0.1) is 0 Å². The van der Waals surface area contributed by atoms with Gasteiger partial charge in [0, 0.05) is 6.54 Å². The van der Waals surface area contributed by atoms with E-state index in [2.05, 4.69) is 24.1 Å². The molecule has 2 rings (SSSR count). The molecule has 2 saturated heterocycles. The van der Waals surface area contributed by atoms with Crippen LogP contribution in [0.5, 0.6) is 0 Å². The van der Waals surface area contributed by atoms with Crippen LogP contribution in [0.1, 0.15) is 52.4 Å². The molecule has 0 aromatic rings. The second-order valence-corrected chi connectivity index (χ2v) is 6.23. The molecule has 17 heavy (non-hydrogen) atoms. The number of nitrogens with zero attached hydrogens (tertiary/aromatic N) is 1. The first-order chi connectivity index (χ1) is 8.28. The summed E-state index contributed by atoms with van der Waals surface area (Å²) in [7, 11) is 0. The Kier molecular flexibility index (Phi) is 4.87. The van der Waals surface area contributed by atoms with Crippen LogP contribution in [0.3, 0.4) is 0 Å². The molecule has 0 spiro atoms. The van der Waals surface area contributed by atoms with E-state index in [0.29, 0.717) is 5.41 Å². The van der Waals surface area contributed by atoms with Crippen LogP contribution in [0.15, 0.2) is 0 Å². The average molecular weight is 238 g/mol. The molecule has 0 amide bonds. The second kappa shape index (κ2) is 6.19. The Morgan fingerprint density at radius 3 is 2.29 bits per heavy atom. The highest BCUT2D eigenvalue weighted by Gasteiger charge is 2.33. The van der Waals surface area contributed by atoms with Gasteiger partial charge in [-0.3, -0.25) is 0 Å². The predicted octanol–water partition coefficient (Wildman–Crippen LogP) is 2.89. The summed E-state index contributed by atoms with van der Waals surface area (Å²) < 4.78 is 0. The molecule has 100 valence electrons. The molecule has 2 fully saturated rings. The van der Waals surface area contributed by atoms with E-state index in [1.165, 1.54) is 71.2 Å². The summed E-state index contributed by atoms with van der Waals surface area (Å²) in [6.45, 7) is 11.3. The van der Waals surface area contributed by atoms with E-state index in [1.54, 1.807) is 0 Å². The van der Waals surface area contributed by atoms with Crippen LogP contribution in [-0.2, 0) is 0 Å². The van der Waals surface area contributed by atoms with Crippen LogP contribution < -0.4 is 5.32 Å². The Hall–Kier alpha value is -0.0800. The maximum Gasteiger partial charge on any atom is 0.00388 e. The number of nitrogens with one attached hydrogen (secondary N) is 1. The molecule has 0 saturated carbocycles. The minimum Gasteiger partial charge on any atom is -0.317 e. The van der Waals surface area contributed by atoms with Crippen molar-refractivity contribution in [3.05, 3.63) is 0 Å². The summed E-state index contributed by atoms with van der Waals surface area (Å²) in [4.78, 5) is 2.75. The lowest BCUT2D eigenvalue weighted by atomic mass is 9.76. The molecule has 0 aromatic carbocycles. The van der Waals surface area contributed by atoms with Gasteiger partial charge < -0.3 is 10.2 Å². The zero-order valence-corrected chi connectivity index (χ0v) is 11.8. The van der Waals surface area contributed by atoms with Gasteiger partial charge in [-0.1, -0.05) is 20.3 Å². The Morgan fingerprint density at radius 1 is 1.12 bits per heavy atom. The lowest BCUT2D eigenvalue weighted by molar-refractivity contribution is 0.0800. The highest BCUT2D eigenvalue weighted by atomic mass is 15.1. The van der Waals surface area contributed by atoms with Gasteiger partial charge in [0.25, 0.3) is 0 Å². The molecule has 0 atom stereocenters. The van der Waals surface area contributed by atoms with Crippen molar-refractivity contribution in [1.29, 1.82) is 0 Å². The Morgan fingerprint density at radius 2 is 1.76 bits per heavy atom. The van der Waals surface area contributed by atoms with E-state index in [0.717, 1.165) is 5.92 Å². The fourth-order valence-electron chi connectivity index (χ4n) is 3.61. The minimum atomic E-state index is 0.629. The van der Waals surface area contributed by atoms with Crippen molar-refractivity contribution in [3.8, 4) is 0 Å². The van der Waals surface area contributed by atoms with Gasteiger partial charge in [-0.25, -0.2) is 0 Å². The minimum absolute atomic E-state index is 0.629. The van der Waals surface area contributed by atoms with E-state index in [1.807, 2.05) is 0 Å². The fraction of sp³-hybridized carbons (Fsp3) is 1.00. The fourth-order valence-corrected chi connectivity index (χ4v) is 3.61. The van der Waals surface area contributed by atoms with Gasteiger partial charge in [0.1, 0.15) is 0 Å². The topological polar surface area (TPSA) is 15.3 Å². The van der Waals surface area contributed by atoms with Crippen molar-refractivity contribution in [2.45, 2.75) is 52.4 Å². The van der Waals surface area contributed by atoms with Crippen molar-refractivity contribution in [2.24, 2.45) is 11.3 Å². The summed E-state index contributed by atoms with van der Waals surface area (Å²) in [5.74, 6) is 1.01. The standard InChI is InChI=1S/C15H30N2/c1-3-14-5-11-17(12-6-14)13-15(4-2)7-9-16-10-8-15/h14,16H,3-13H2,1-2H3. The lowest BCUT2D eigenvalue weighted by Gasteiger charge is -2.43. The summed E-state index contributed by atoms with van der Waals surface area (Å²) in [5, 5.41) is 3.51. The molecule has 1 N–H and O–H groups in total. The summed E-state index contributed by atoms with van der Waals surface area (Å²) >= 11 is 0. The van der Waals surface area contributed by atoms with Gasteiger partial charge in [0.2, 0.25) is 0 Å². The lowest BCUT2D eigenvalue weighted by Crippen LogP contribution is -2.46. The van der Waals surface area contributed by atoms with E-state index in [4.69, 9.17) is 0 Å². The zero-order chi connectivity index (χ0) is 12.1. The SMILES string of the molecule is CCC1CCN(CC2(CC)CCNCC2)CC1. The number of piperidine rings is 2. The molecule has 2 aliphatic rings. The third-order valence-corrected chi connectivity index (χ3v) is 5.26. The summed E-state index contributed by atoms with van der Waals surface area (Å²) in [6.07, 6.45) is 8.40. The average Bonchev–Trinajstić information content (AvgIpc) is 2.41. The van der Waals surface area contributed by atoms with Gasteiger partial charge in [-0.05, 0) is 69.6 Å². The van der Waals surface area contributed by atoms with Crippen molar-refractivity contribution in [2.75, 3.05) is 32.7 Å². The van der Waals surface area contributed by atoms with Crippen LogP contribution >= 0.6 is 0 Å². The highest BCUT2D eigenvalue weighted by Crippen LogP contribution is 2.34. The smallest absolute Gasteiger partial charge is 0.00388 e. The summed E-state index contributed by atoms with van der Waals surface area (Å²) in [6, 6.07) is 0. The molecule has 2 heterocycles. The van der Waals surface area contributed by atoms with Crippen molar-refractivity contribution < 1.29 is 0 Å². The molecular weight excluding hydrogens is 208 g/mol. The van der Waals surface area contributed by atoms with Crippen LogP contribution in [0.2, 0.25) is 0 Å². The Balaban J connectivity index is 1.82. The quantitative estimate of drug-likeness (QED) is 0.810. The van der Waals surface area contributed by atoms with Crippen LogP contribution in [0, 0.1) is 11.3 Å². The number of hydrogen-bond donors (Lipinski definition) is 1. The maximum absolute atomic E-state index is 3.51. The molecule has 0 aliphatic carbocycles. The van der Waals surface area contributed by atoms with Gasteiger partial charge in [-0.2, -0.15) is 0 Å². The van der Waals surface area contributed by atoms with Crippen LogP contribution in [-0.4, -0.2) is 37.6 Å². The first kappa shape index (κ1) is 13.4. The molecule has 0 bridgehead atoms. The maximum atomic E-state index is 3.51. The zero-order valence-electron chi connectivity index (χ0n) is 11.8. The molecule has 2 aliphatic heterocycles. The number of rotatable bonds is 4. The number of hydrogen-bond acceptors (Lipinski definition) is 2. The first-order valence-corrected chi connectivity index (χ1v) is 7.71. The van der Waals surface area contributed by atoms with Crippen LogP contribution in [0.25, 0.3) is 0 Å². The van der Waals surface area contributed by atoms with E-state index in [9.17, 15) is 0 Å². The van der Waals surface area contributed by atoms with Gasteiger partial charge >= 0.3 is 0 Å². The van der Waals surface area contributed by atoms with Crippen molar-refractivity contribution in [3.63, 3.8) is 0 Å². The van der Waals surface area contributed by atoms with E-state index < -0.39 is 0 Å². The molecule has 2 nitrogen and oxygen atoms in total. The van der Waals surface area contributed by atoms with Crippen molar-refractivity contribution >= 4 is 0 Å². The third-order valence-electron chi connectivity index (χ3n) is 5.26. The first-order valence-electron chi connectivity index (χ1n) is 7.71. The largest absolute Gasteiger partial charge is 0.317 e. The highest BCUT2D eigenvalue weighted by molar-refractivity contribution is 4.87.